The lowest BCUT2D eigenvalue weighted by atomic mass is 10.3. The lowest BCUT2D eigenvalue weighted by molar-refractivity contribution is 0.0757. The summed E-state index contributed by atoms with van der Waals surface area (Å²) < 4.78 is 0. The summed E-state index contributed by atoms with van der Waals surface area (Å²) in [5.41, 5.74) is 0.366. The van der Waals surface area contributed by atoms with Crippen LogP contribution in [0.3, 0.4) is 0 Å². The van der Waals surface area contributed by atoms with Crippen molar-refractivity contribution < 1.29 is 4.79 Å². The average Bonchev–Trinajstić information content (AvgIpc) is 2.97. The number of nitrogens with one attached hydrogen (secondary N) is 1. The van der Waals surface area contributed by atoms with Gasteiger partial charge in [0.05, 0.1) is 11.2 Å². The molecule has 4 nitrogen and oxygen atoms in total. The van der Waals surface area contributed by atoms with Crippen molar-refractivity contribution in [2.24, 2.45) is 0 Å². The highest BCUT2D eigenvalue weighted by Gasteiger charge is 2.33. The first-order chi connectivity index (χ1) is 7.24. The van der Waals surface area contributed by atoms with E-state index in [2.05, 4.69) is 16.8 Å². The SMILES string of the molecule is C=CCN(C(=O)c1[nH]ncc1Cl)C1CC1. The zero-order valence-corrected chi connectivity index (χ0v) is 9.00. The van der Waals surface area contributed by atoms with Gasteiger partial charge >= 0.3 is 0 Å². The van der Waals surface area contributed by atoms with Gasteiger partial charge in [0.2, 0.25) is 0 Å². The Morgan fingerprint density at radius 2 is 2.53 bits per heavy atom. The van der Waals surface area contributed by atoms with Crippen LogP contribution >= 0.6 is 11.6 Å². The fraction of sp³-hybridized carbons (Fsp3) is 0.400. The standard InChI is InChI=1S/C10H12ClN3O/c1-2-5-14(7-3-4-7)10(15)9-8(11)6-12-13-9/h2,6-7H,1,3-5H2,(H,12,13). The number of H-pyrrole nitrogens is 1. The Morgan fingerprint density at radius 1 is 1.80 bits per heavy atom. The molecule has 1 aliphatic rings. The van der Waals surface area contributed by atoms with Crippen LogP contribution in [0.1, 0.15) is 23.3 Å². The first-order valence-corrected chi connectivity index (χ1v) is 5.22. The van der Waals surface area contributed by atoms with Crippen LogP contribution in [0.5, 0.6) is 0 Å². The smallest absolute Gasteiger partial charge is 0.273 e. The Bertz CT molecular complexity index is 384. The summed E-state index contributed by atoms with van der Waals surface area (Å²) >= 11 is 5.84. The van der Waals surface area contributed by atoms with Crippen LogP contribution < -0.4 is 0 Å². The molecular formula is C10H12ClN3O. The topological polar surface area (TPSA) is 49.0 Å². The van der Waals surface area contributed by atoms with Crippen molar-refractivity contribution in [2.45, 2.75) is 18.9 Å². The highest BCUT2D eigenvalue weighted by atomic mass is 35.5. The molecule has 0 saturated heterocycles. The van der Waals surface area contributed by atoms with Crippen LogP contribution in [0, 0.1) is 0 Å². The number of halogens is 1. The van der Waals surface area contributed by atoms with Crippen LogP contribution in [-0.4, -0.2) is 33.6 Å². The second-order valence-corrected chi connectivity index (χ2v) is 3.98. The van der Waals surface area contributed by atoms with Gasteiger partial charge in [-0.25, -0.2) is 0 Å². The number of aromatic amines is 1. The number of carbonyl (C=O) groups is 1. The molecule has 0 aliphatic heterocycles. The predicted molar refractivity (Wildman–Crippen MR) is 57.9 cm³/mol. The summed E-state index contributed by atoms with van der Waals surface area (Å²) in [6, 6.07) is 0.342. The molecule has 0 aromatic carbocycles. The van der Waals surface area contributed by atoms with Gasteiger partial charge < -0.3 is 4.90 Å². The van der Waals surface area contributed by atoms with Crippen molar-refractivity contribution in [3.05, 3.63) is 29.6 Å². The first kappa shape index (κ1) is 10.2. The van der Waals surface area contributed by atoms with Gasteiger partial charge in [-0.15, -0.1) is 6.58 Å². The second kappa shape index (κ2) is 4.06. The molecule has 0 atom stereocenters. The third-order valence-electron chi connectivity index (χ3n) is 2.38. The third kappa shape index (κ3) is 2.04. The summed E-state index contributed by atoms with van der Waals surface area (Å²) in [6.07, 6.45) is 5.28. The molecule has 2 rings (SSSR count). The van der Waals surface area contributed by atoms with E-state index in [4.69, 9.17) is 11.6 Å². The first-order valence-electron chi connectivity index (χ1n) is 4.84. The quantitative estimate of drug-likeness (QED) is 0.796. The molecule has 1 aliphatic carbocycles. The maximum Gasteiger partial charge on any atom is 0.273 e. The van der Waals surface area contributed by atoms with E-state index >= 15 is 0 Å². The largest absolute Gasteiger partial charge is 0.331 e. The number of aromatic nitrogens is 2. The lowest BCUT2D eigenvalue weighted by Crippen LogP contribution is -2.33. The van der Waals surface area contributed by atoms with Gasteiger partial charge in [0.1, 0.15) is 5.69 Å². The molecule has 0 spiro atoms. The monoisotopic (exact) mass is 225 g/mol. The molecule has 1 aromatic heterocycles. The number of carbonyl (C=O) groups excluding carboxylic acids is 1. The summed E-state index contributed by atoms with van der Waals surface area (Å²) in [4.78, 5) is 13.8. The van der Waals surface area contributed by atoms with Gasteiger partial charge in [0.15, 0.2) is 0 Å². The minimum atomic E-state index is -0.0973. The van der Waals surface area contributed by atoms with E-state index in [0.717, 1.165) is 12.8 Å². The molecule has 1 amide bonds. The molecule has 0 bridgehead atoms. The lowest BCUT2D eigenvalue weighted by Gasteiger charge is -2.19. The minimum absolute atomic E-state index is 0.0973. The molecule has 1 fully saturated rings. The molecule has 1 aromatic rings. The van der Waals surface area contributed by atoms with Gasteiger partial charge in [-0.1, -0.05) is 17.7 Å². The molecule has 0 unspecified atom stereocenters. The maximum absolute atomic E-state index is 12.0. The maximum atomic E-state index is 12.0. The van der Waals surface area contributed by atoms with Crippen molar-refractivity contribution in [1.82, 2.24) is 15.1 Å². The zero-order chi connectivity index (χ0) is 10.8. The van der Waals surface area contributed by atoms with Crippen LogP contribution in [0.2, 0.25) is 5.02 Å². The molecule has 0 radical (unpaired) electrons. The average molecular weight is 226 g/mol. The number of hydrogen-bond acceptors (Lipinski definition) is 2. The number of hydrogen-bond donors (Lipinski definition) is 1. The van der Waals surface area contributed by atoms with E-state index < -0.39 is 0 Å². The van der Waals surface area contributed by atoms with E-state index in [-0.39, 0.29) is 5.91 Å². The highest BCUT2D eigenvalue weighted by molar-refractivity contribution is 6.33. The highest BCUT2D eigenvalue weighted by Crippen LogP contribution is 2.28. The molecule has 1 N–H and O–H groups in total. The molecule has 5 heteroatoms. The summed E-state index contributed by atoms with van der Waals surface area (Å²) in [5, 5.41) is 6.72. The Morgan fingerprint density at radius 3 is 3.00 bits per heavy atom. The van der Waals surface area contributed by atoms with Crippen molar-refractivity contribution in [3.63, 3.8) is 0 Å². The molecule has 1 heterocycles. The van der Waals surface area contributed by atoms with Gasteiger partial charge in [-0.2, -0.15) is 5.10 Å². The Balaban J connectivity index is 2.17. The molecule has 80 valence electrons. The van der Waals surface area contributed by atoms with Gasteiger partial charge in [-0.05, 0) is 12.8 Å². The van der Waals surface area contributed by atoms with E-state index in [9.17, 15) is 4.79 Å². The predicted octanol–water partition coefficient (Wildman–Crippen LogP) is 1.85. The van der Waals surface area contributed by atoms with Crippen molar-refractivity contribution in [1.29, 1.82) is 0 Å². The van der Waals surface area contributed by atoms with E-state index in [1.54, 1.807) is 11.0 Å². The number of nitrogens with zero attached hydrogens (tertiary/aromatic N) is 2. The molecular weight excluding hydrogens is 214 g/mol. The Kier molecular flexibility index (Phi) is 2.77. The summed E-state index contributed by atoms with van der Waals surface area (Å²) in [6.45, 7) is 4.20. The minimum Gasteiger partial charge on any atom is -0.331 e. The van der Waals surface area contributed by atoms with Crippen LogP contribution in [0.25, 0.3) is 0 Å². The molecule has 1 saturated carbocycles. The Labute approximate surface area is 92.9 Å². The Hall–Kier alpha value is -1.29. The summed E-state index contributed by atoms with van der Waals surface area (Å²) in [5.74, 6) is -0.0973. The van der Waals surface area contributed by atoms with Crippen LogP contribution in [-0.2, 0) is 0 Å². The zero-order valence-electron chi connectivity index (χ0n) is 8.24. The second-order valence-electron chi connectivity index (χ2n) is 3.57. The molecule has 15 heavy (non-hydrogen) atoms. The number of rotatable bonds is 4. The third-order valence-corrected chi connectivity index (χ3v) is 2.67. The summed E-state index contributed by atoms with van der Waals surface area (Å²) in [7, 11) is 0. The van der Waals surface area contributed by atoms with Crippen molar-refractivity contribution in [2.75, 3.05) is 6.54 Å². The van der Waals surface area contributed by atoms with Gasteiger partial charge in [0, 0.05) is 12.6 Å². The number of amides is 1. The van der Waals surface area contributed by atoms with Gasteiger partial charge in [0.25, 0.3) is 5.91 Å². The van der Waals surface area contributed by atoms with E-state index in [1.165, 1.54) is 6.20 Å². The van der Waals surface area contributed by atoms with Crippen molar-refractivity contribution >= 4 is 17.5 Å². The van der Waals surface area contributed by atoms with E-state index in [0.29, 0.717) is 23.3 Å². The van der Waals surface area contributed by atoms with Crippen molar-refractivity contribution in [3.8, 4) is 0 Å². The fourth-order valence-corrected chi connectivity index (χ4v) is 1.66. The normalized spacial score (nSPS) is 15.0. The van der Waals surface area contributed by atoms with E-state index in [1.807, 2.05) is 0 Å². The van der Waals surface area contributed by atoms with Gasteiger partial charge in [-0.3, -0.25) is 9.89 Å². The van der Waals surface area contributed by atoms with Crippen LogP contribution in [0.4, 0.5) is 0 Å². The van der Waals surface area contributed by atoms with Crippen LogP contribution in [0.15, 0.2) is 18.9 Å². The fourth-order valence-electron chi connectivity index (χ4n) is 1.49.